The summed E-state index contributed by atoms with van der Waals surface area (Å²) in [5.74, 6) is 1.27. The van der Waals surface area contributed by atoms with Gasteiger partial charge in [0.2, 0.25) is 5.91 Å². The van der Waals surface area contributed by atoms with E-state index in [2.05, 4.69) is 21.6 Å². The summed E-state index contributed by atoms with van der Waals surface area (Å²) in [4.78, 5) is 11.9. The maximum atomic E-state index is 11.9. The van der Waals surface area contributed by atoms with Gasteiger partial charge in [-0.15, -0.1) is 10.2 Å². The molecule has 2 heterocycles. The third kappa shape index (κ3) is 3.93. The van der Waals surface area contributed by atoms with Gasteiger partial charge < -0.3 is 10.1 Å². The number of hydrogen-bond donors (Lipinski definition) is 1. The van der Waals surface area contributed by atoms with Crippen LogP contribution in [0.2, 0.25) is 0 Å². The van der Waals surface area contributed by atoms with Crippen molar-refractivity contribution >= 4 is 40.8 Å². The Labute approximate surface area is 141 Å². The van der Waals surface area contributed by atoms with E-state index in [9.17, 15) is 4.79 Å². The molecule has 2 aromatic rings. The molecule has 0 bridgehead atoms. The molecule has 0 spiro atoms. The van der Waals surface area contributed by atoms with Crippen LogP contribution in [-0.4, -0.2) is 40.8 Å². The molecule has 1 amide bonds. The Morgan fingerprint density at radius 1 is 1.41 bits per heavy atom. The Kier molecular flexibility index (Phi) is 5.22. The quantitative estimate of drug-likeness (QED) is 0.805. The van der Waals surface area contributed by atoms with Gasteiger partial charge in [-0.25, -0.2) is 0 Å². The number of para-hydroxylation sites is 1. The normalized spacial score (nSPS) is 16.1. The number of nitrogens with zero attached hydrogens (tertiary/aromatic N) is 2. The first-order valence-corrected chi connectivity index (χ1v) is 9.79. The molecule has 0 fully saturated rings. The van der Waals surface area contributed by atoms with Gasteiger partial charge in [0.25, 0.3) is 0 Å². The Morgan fingerprint density at radius 2 is 2.23 bits per heavy atom. The highest BCUT2D eigenvalue weighted by molar-refractivity contribution is 8.03. The van der Waals surface area contributed by atoms with Gasteiger partial charge in [-0.1, -0.05) is 53.1 Å². The van der Waals surface area contributed by atoms with Gasteiger partial charge >= 0.3 is 0 Å². The van der Waals surface area contributed by atoms with Crippen molar-refractivity contribution in [2.24, 2.45) is 0 Å². The van der Waals surface area contributed by atoms with Crippen molar-refractivity contribution in [1.82, 2.24) is 15.5 Å². The van der Waals surface area contributed by atoms with Crippen LogP contribution in [0.4, 0.5) is 0 Å². The highest BCUT2D eigenvalue weighted by Crippen LogP contribution is 2.28. The van der Waals surface area contributed by atoms with E-state index in [0.29, 0.717) is 12.3 Å². The molecule has 1 atom stereocenters. The number of thioether (sulfide) groups is 2. The second-order valence-electron chi connectivity index (χ2n) is 4.68. The number of benzene rings is 1. The van der Waals surface area contributed by atoms with E-state index in [-0.39, 0.29) is 12.0 Å². The first-order valence-electron chi connectivity index (χ1n) is 6.76. The molecular weight excluding hydrogens is 338 g/mol. The van der Waals surface area contributed by atoms with Gasteiger partial charge in [-0.05, 0) is 17.9 Å². The average molecular weight is 353 g/mol. The van der Waals surface area contributed by atoms with E-state index in [1.807, 2.05) is 24.5 Å². The number of carbonyl (C=O) groups excluding carboxylic acids is 1. The van der Waals surface area contributed by atoms with Crippen LogP contribution < -0.4 is 10.1 Å². The number of carbonyl (C=O) groups is 1. The van der Waals surface area contributed by atoms with Crippen molar-refractivity contribution in [3.63, 3.8) is 0 Å². The van der Waals surface area contributed by atoms with E-state index in [4.69, 9.17) is 4.74 Å². The minimum atomic E-state index is -0.00884. The van der Waals surface area contributed by atoms with Gasteiger partial charge in [0.1, 0.15) is 11.9 Å². The molecule has 1 N–H and O–H groups in total. The summed E-state index contributed by atoms with van der Waals surface area (Å²) in [6.45, 7) is 0.528. The van der Waals surface area contributed by atoms with Crippen LogP contribution in [0.3, 0.4) is 0 Å². The van der Waals surface area contributed by atoms with Crippen LogP contribution in [0.25, 0.3) is 0 Å². The number of amides is 1. The van der Waals surface area contributed by atoms with Crippen LogP contribution in [-0.2, 0) is 11.2 Å². The maximum absolute atomic E-state index is 11.9. The van der Waals surface area contributed by atoms with Gasteiger partial charge in [0, 0.05) is 6.42 Å². The zero-order valence-electron chi connectivity index (χ0n) is 11.9. The summed E-state index contributed by atoms with van der Waals surface area (Å²) in [5, 5.41) is 11.0. The van der Waals surface area contributed by atoms with Crippen molar-refractivity contribution in [2.45, 2.75) is 21.2 Å². The molecule has 1 aliphatic heterocycles. The predicted molar refractivity (Wildman–Crippen MR) is 90.0 cm³/mol. The molecule has 0 aliphatic carbocycles. The minimum Gasteiger partial charge on any atom is -0.488 e. The molecule has 1 aromatic carbocycles. The average Bonchev–Trinajstić information content (AvgIpc) is 3.16. The highest BCUT2D eigenvalue weighted by Gasteiger charge is 2.22. The van der Waals surface area contributed by atoms with Crippen LogP contribution >= 0.6 is 34.9 Å². The summed E-state index contributed by atoms with van der Waals surface area (Å²) < 4.78 is 7.53. The first kappa shape index (κ1) is 15.6. The molecule has 22 heavy (non-hydrogen) atoms. The molecule has 3 rings (SSSR count). The van der Waals surface area contributed by atoms with Crippen molar-refractivity contribution < 1.29 is 9.53 Å². The fourth-order valence-electron chi connectivity index (χ4n) is 2.11. The lowest BCUT2D eigenvalue weighted by Crippen LogP contribution is -2.35. The zero-order chi connectivity index (χ0) is 15.4. The van der Waals surface area contributed by atoms with Crippen LogP contribution in [0.5, 0.6) is 5.75 Å². The molecule has 0 unspecified atom stereocenters. The standard InChI is InChI=1S/C14H15N3O2S3/c1-20-13-16-17-14(22-13)21-8-12(18)15-7-10-6-9-4-2-3-5-11(9)19-10/h2-5,10H,6-8H2,1H3,(H,15,18)/t10-/m0/s1. The third-order valence-electron chi connectivity index (χ3n) is 3.13. The number of ether oxygens (including phenoxy) is 1. The van der Waals surface area contributed by atoms with Gasteiger partial charge in [0.05, 0.1) is 12.3 Å². The number of hydrogen-bond acceptors (Lipinski definition) is 7. The molecular formula is C14H15N3O2S3. The van der Waals surface area contributed by atoms with Crippen molar-refractivity contribution in [3.05, 3.63) is 29.8 Å². The fourth-order valence-corrected chi connectivity index (χ4v) is 4.38. The topological polar surface area (TPSA) is 64.1 Å². The number of aromatic nitrogens is 2. The van der Waals surface area contributed by atoms with Gasteiger partial charge in [0.15, 0.2) is 8.68 Å². The van der Waals surface area contributed by atoms with Crippen LogP contribution in [0.15, 0.2) is 32.9 Å². The van der Waals surface area contributed by atoms with E-state index in [1.165, 1.54) is 28.7 Å². The van der Waals surface area contributed by atoms with E-state index < -0.39 is 0 Å². The van der Waals surface area contributed by atoms with E-state index >= 15 is 0 Å². The number of fused-ring (bicyclic) bond motifs is 1. The first-order chi connectivity index (χ1) is 10.7. The Morgan fingerprint density at radius 3 is 3.00 bits per heavy atom. The van der Waals surface area contributed by atoms with Crippen molar-refractivity contribution in [2.75, 3.05) is 18.6 Å². The molecule has 0 saturated heterocycles. The molecule has 1 aliphatic rings. The lowest BCUT2D eigenvalue weighted by molar-refractivity contribution is -0.118. The van der Waals surface area contributed by atoms with Crippen molar-refractivity contribution in [3.8, 4) is 5.75 Å². The molecule has 1 aromatic heterocycles. The largest absolute Gasteiger partial charge is 0.488 e. The maximum Gasteiger partial charge on any atom is 0.230 e. The molecule has 0 saturated carbocycles. The molecule has 0 radical (unpaired) electrons. The predicted octanol–water partition coefficient (Wildman–Crippen LogP) is 2.47. The lowest BCUT2D eigenvalue weighted by atomic mass is 10.1. The molecule has 5 nitrogen and oxygen atoms in total. The highest BCUT2D eigenvalue weighted by atomic mass is 32.2. The smallest absolute Gasteiger partial charge is 0.230 e. The Hall–Kier alpha value is -1.25. The summed E-state index contributed by atoms with van der Waals surface area (Å²) >= 11 is 4.48. The summed E-state index contributed by atoms with van der Waals surface area (Å²) in [5.41, 5.74) is 1.20. The fraction of sp³-hybridized carbons (Fsp3) is 0.357. The number of rotatable bonds is 6. The summed E-state index contributed by atoms with van der Waals surface area (Å²) in [7, 11) is 0. The SMILES string of the molecule is CSc1nnc(SCC(=O)NC[C@@H]2Cc3ccccc3O2)s1. The monoisotopic (exact) mass is 353 g/mol. The second-order valence-corrected chi connectivity index (χ2v) is 7.94. The second kappa shape index (κ2) is 7.34. The lowest BCUT2D eigenvalue weighted by Gasteiger charge is -2.11. The minimum absolute atomic E-state index is 0.00884. The number of nitrogens with one attached hydrogen (secondary N) is 1. The van der Waals surface area contributed by atoms with Crippen LogP contribution in [0, 0.1) is 0 Å². The Balaban J connectivity index is 1.40. The Bertz CT molecular complexity index is 637. The molecule has 116 valence electrons. The van der Waals surface area contributed by atoms with Crippen molar-refractivity contribution in [1.29, 1.82) is 0 Å². The zero-order valence-corrected chi connectivity index (χ0v) is 14.4. The van der Waals surface area contributed by atoms with Gasteiger partial charge in [-0.2, -0.15) is 0 Å². The third-order valence-corrected chi connectivity index (χ3v) is 6.16. The summed E-state index contributed by atoms with van der Waals surface area (Å²) in [6.07, 6.45) is 2.83. The van der Waals surface area contributed by atoms with E-state index in [1.54, 1.807) is 11.8 Å². The molecule has 8 heteroatoms. The van der Waals surface area contributed by atoms with Gasteiger partial charge in [-0.3, -0.25) is 4.79 Å². The summed E-state index contributed by atoms with van der Waals surface area (Å²) in [6, 6.07) is 7.99. The van der Waals surface area contributed by atoms with Crippen LogP contribution in [0.1, 0.15) is 5.56 Å². The van der Waals surface area contributed by atoms with E-state index in [0.717, 1.165) is 20.8 Å².